The molecule has 2 heterocycles. The highest BCUT2D eigenvalue weighted by molar-refractivity contribution is 6.34. The van der Waals surface area contributed by atoms with Gasteiger partial charge in [0, 0.05) is 13.1 Å². The molecular weight excluding hydrogens is 552 g/mol. The van der Waals surface area contributed by atoms with Crippen molar-refractivity contribution in [2.24, 2.45) is 0 Å². The van der Waals surface area contributed by atoms with Gasteiger partial charge in [-0.1, -0.05) is 90.5 Å². The highest BCUT2D eigenvalue weighted by Gasteiger charge is 2.41. The third-order valence-corrected chi connectivity index (χ3v) is 7.79. The zero-order valence-corrected chi connectivity index (χ0v) is 23.3. The molecule has 0 aliphatic carbocycles. The van der Waals surface area contributed by atoms with Crippen molar-refractivity contribution in [2.45, 2.75) is 6.04 Å². The van der Waals surface area contributed by atoms with Crippen LogP contribution in [0.1, 0.15) is 11.1 Å². The van der Waals surface area contributed by atoms with Crippen molar-refractivity contribution in [1.82, 2.24) is 9.80 Å². The summed E-state index contributed by atoms with van der Waals surface area (Å²) in [4.78, 5) is 46.8. The van der Waals surface area contributed by atoms with Crippen LogP contribution in [0.25, 0.3) is 12.2 Å². The van der Waals surface area contributed by atoms with E-state index in [4.69, 9.17) is 11.6 Å². The Balaban J connectivity index is 1.33. The van der Waals surface area contributed by atoms with E-state index in [9.17, 15) is 19.5 Å². The number of halogens is 1. The number of benzene rings is 4. The molecule has 210 valence electrons. The molecule has 1 saturated heterocycles. The standard InChI is InChI=1S/C33H27ClN4O4/c34-26-14-6-9-17-29(26)37(25-12-2-1-3-13-25)33(42)36-21-20-35(22-30(36)31(39)40)32(41)38-27-15-7-4-10-23(27)18-19-24-11-5-8-16-28(24)38/h1-19,30H,20-22H2,(H,39,40)/t30-/m0/s1. The molecule has 1 N–H and O–H groups in total. The van der Waals surface area contributed by atoms with Gasteiger partial charge in [-0.2, -0.15) is 0 Å². The van der Waals surface area contributed by atoms with Crippen LogP contribution in [0.3, 0.4) is 0 Å². The Morgan fingerprint density at radius 1 is 0.738 bits per heavy atom. The van der Waals surface area contributed by atoms with Crippen molar-refractivity contribution in [2.75, 3.05) is 29.4 Å². The van der Waals surface area contributed by atoms with Gasteiger partial charge in [-0.05, 0) is 47.5 Å². The molecule has 4 amide bonds. The number of para-hydroxylation sites is 4. The van der Waals surface area contributed by atoms with Gasteiger partial charge in [0.1, 0.15) is 6.04 Å². The molecule has 8 nitrogen and oxygen atoms in total. The van der Waals surface area contributed by atoms with Gasteiger partial charge in [0.2, 0.25) is 0 Å². The number of carbonyl (C=O) groups excluding carboxylic acids is 2. The summed E-state index contributed by atoms with van der Waals surface area (Å²) in [6.45, 7) is -0.0161. The lowest BCUT2D eigenvalue weighted by Gasteiger charge is -2.42. The summed E-state index contributed by atoms with van der Waals surface area (Å²) in [5, 5.41) is 10.7. The van der Waals surface area contributed by atoms with Gasteiger partial charge >= 0.3 is 18.0 Å². The van der Waals surface area contributed by atoms with E-state index in [1.54, 1.807) is 53.4 Å². The van der Waals surface area contributed by atoms with Crippen LogP contribution in [-0.4, -0.2) is 58.6 Å². The first-order valence-corrected chi connectivity index (χ1v) is 13.9. The van der Waals surface area contributed by atoms with Gasteiger partial charge in [-0.15, -0.1) is 0 Å². The van der Waals surface area contributed by atoms with E-state index in [0.29, 0.717) is 27.8 Å². The van der Waals surface area contributed by atoms with Gasteiger partial charge in [0.15, 0.2) is 0 Å². The van der Waals surface area contributed by atoms with Crippen molar-refractivity contribution in [3.63, 3.8) is 0 Å². The molecule has 42 heavy (non-hydrogen) atoms. The first kappa shape index (κ1) is 27.1. The molecule has 4 aromatic rings. The number of amides is 4. The molecule has 2 aliphatic heterocycles. The molecule has 0 unspecified atom stereocenters. The second-order valence-corrected chi connectivity index (χ2v) is 10.4. The lowest BCUT2D eigenvalue weighted by molar-refractivity contribution is -0.143. The molecule has 1 fully saturated rings. The first-order valence-electron chi connectivity index (χ1n) is 13.5. The Labute approximate surface area is 248 Å². The monoisotopic (exact) mass is 578 g/mol. The van der Waals surface area contributed by atoms with Crippen LogP contribution in [0.5, 0.6) is 0 Å². The van der Waals surface area contributed by atoms with Crippen LogP contribution in [0.4, 0.5) is 32.3 Å². The Morgan fingerprint density at radius 2 is 1.31 bits per heavy atom. The second kappa shape index (κ2) is 11.4. The summed E-state index contributed by atoms with van der Waals surface area (Å²) >= 11 is 6.51. The normalized spacial score (nSPS) is 15.8. The van der Waals surface area contributed by atoms with E-state index in [-0.39, 0.29) is 25.7 Å². The van der Waals surface area contributed by atoms with Crippen molar-refractivity contribution in [1.29, 1.82) is 0 Å². The zero-order chi connectivity index (χ0) is 29.2. The van der Waals surface area contributed by atoms with Crippen molar-refractivity contribution < 1.29 is 19.5 Å². The maximum Gasteiger partial charge on any atom is 0.330 e. The summed E-state index contributed by atoms with van der Waals surface area (Å²) < 4.78 is 0. The Kier molecular flexibility index (Phi) is 7.37. The quantitative estimate of drug-likeness (QED) is 0.281. The summed E-state index contributed by atoms with van der Waals surface area (Å²) in [5.41, 5.74) is 4.10. The van der Waals surface area contributed by atoms with E-state index in [2.05, 4.69) is 0 Å². The fraction of sp³-hybridized carbons (Fsp3) is 0.121. The predicted molar refractivity (Wildman–Crippen MR) is 164 cm³/mol. The summed E-state index contributed by atoms with van der Waals surface area (Å²) in [5.74, 6) is -1.20. The van der Waals surface area contributed by atoms with Crippen molar-refractivity contribution in [3.05, 3.63) is 119 Å². The predicted octanol–water partition coefficient (Wildman–Crippen LogP) is 7.11. The van der Waals surface area contributed by atoms with Crippen LogP contribution in [0.15, 0.2) is 103 Å². The summed E-state index contributed by atoms with van der Waals surface area (Å²) in [6, 6.07) is 28.8. The van der Waals surface area contributed by atoms with Crippen LogP contribution in [-0.2, 0) is 4.79 Å². The van der Waals surface area contributed by atoms with Crippen LogP contribution >= 0.6 is 11.6 Å². The minimum atomic E-state index is -1.28. The molecule has 4 aromatic carbocycles. The van der Waals surface area contributed by atoms with Crippen LogP contribution < -0.4 is 9.80 Å². The van der Waals surface area contributed by atoms with Gasteiger partial charge in [-0.25, -0.2) is 14.4 Å². The van der Waals surface area contributed by atoms with E-state index in [1.807, 2.05) is 66.7 Å². The third-order valence-electron chi connectivity index (χ3n) is 7.47. The fourth-order valence-electron chi connectivity index (χ4n) is 5.41. The number of nitrogens with zero attached hydrogens (tertiary/aromatic N) is 4. The van der Waals surface area contributed by atoms with Gasteiger partial charge in [-0.3, -0.25) is 9.80 Å². The SMILES string of the molecule is O=C(O)[C@@H]1CN(C(=O)N2c3ccccc3C=Cc3ccccc32)CCN1C(=O)N(c1ccccc1)c1ccccc1Cl. The highest BCUT2D eigenvalue weighted by atomic mass is 35.5. The van der Waals surface area contributed by atoms with E-state index >= 15 is 0 Å². The van der Waals surface area contributed by atoms with E-state index < -0.39 is 18.0 Å². The fourth-order valence-corrected chi connectivity index (χ4v) is 5.63. The largest absolute Gasteiger partial charge is 0.480 e. The Bertz CT molecular complexity index is 1640. The minimum Gasteiger partial charge on any atom is -0.480 e. The maximum absolute atomic E-state index is 14.2. The zero-order valence-electron chi connectivity index (χ0n) is 22.5. The lowest BCUT2D eigenvalue weighted by Crippen LogP contribution is -2.62. The van der Waals surface area contributed by atoms with Crippen molar-refractivity contribution in [3.8, 4) is 0 Å². The number of carbonyl (C=O) groups is 3. The molecule has 2 aliphatic rings. The number of urea groups is 2. The minimum absolute atomic E-state index is 0.0186. The van der Waals surface area contributed by atoms with Gasteiger partial charge in [0.25, 0.3) is 0 Å². The van der Waals surface area contributed by atoms with Crippen LogP contribution in [0, 0.1) is 0 Å². The molecule has 0 spiro atoms. The molecule has 6 rings (SSSR count). The number of fused-ring (bicyclic) bond motifs is 2. The number of anilines is 4. The summed E-state index contributed by atoms with van der Waals surface area (Å²) in [7, 11) is 0. The number of hydrogen-bond donors (Lipinski definition) is 1. The van der Waals surface area contributed by atoms with Crippen LogP contribution in [0.2, 0.25) is 5.02 Å². The van der Waals surface area contributed by atoms with Crippen molar-refractivity contribution >= 4 is 64.5 Å². The lowest BCUT2D eigenvalue weighted by atomic mass is 10.1. The molecular formula is C33H27ClN4O4. The average Bonchev–Trinajstić information content (AvgIpc) is 3.19. The number of hydrogen-bond acceptors (Lipinski definition) is 3. The second-order valence-electron chi connectivity index (χ2n) is 9.97. The number of carboxylic acids is 1. The summed E-state index contributed by atoms with van der Waals surface area (Å²) in [6.07, 6.45) is 3.93. The molecule has 1 atom stereocenters. The smallest absolute Gasteiger partial charge is 0.330 e. The number of aliphatic carboxylic acids is 1. The van der Waals surface area contributed by atoms with Gasteiger partial charge in [0.05, 0.1) is 34.3 Å². The molecule has 0 bridgehead atoms. The Hall–Kier alpha value is -5.08. The van der Waals surface area contributed by atoms with E-state index in [0.717, 1.165) is 11.1 Å². The molecule has 0 radical (unpaired) electrons. The maximum atomic E-state index is 14.2. The third kappa shape index (κ3) is 4.97. The number of carboxylic acid groups (broad SMARTS) is 1. The number of rotatable bonds is 3. The first-order chi connectivity index (χ1) is 20.4. The molecule has 0 aromatic heterocycles. The highest BCUT2D eigenvalue weighted by Crippen LogP contribution is 2.38. The van der Waals surface area contributed by atoms with E-state index in [1.165, 1.54) is 14.7 Å². The number of piperazine rings is 1. The molecule has 0 saturated carbocycles. The molecule has 9 heteroatoms. The Morgan fingerprint density at radius 3 is 1.93 bits per heavy atom. The van der Waals surface area contributed by atoms with Gasteiger partial charge < -0.3 is 14.9 Å². The average molecular weight is 579 g/mol. The topological polar surface area (TPSA) is 84.4 Å².